The minimum atomic E-state index is -3.76. The number of hydrogen-bond acceptors (Lipinski definition) is 4. The second kappa shape index (κ2) is 8.09. The molecule has 2 heterocycles. The van der Waals surface area contributed by atoms with Gasteiger partial charge in [-0.25, -0.2) is 22.2 Å². The molecule has 136 valence electrons. The third-order valence-corrected chi connectivity index (χ3v) is 5.23. The predicted octanol–water partition coefficient (Wildman–Crippen LogP) is 1.94. The van der Waals surface area contributed by atoms with Crippen LogP contribution in [0.15, 0.2) is 47.1 Å². The number of rotatable bonds is 5. The molecule has 1 aromatic carbocycles. The van der Waals surface area contributed by atoms with Gasteiger partial charge in [0.15, 0.2) is 0 Å². The normalized spacial score (nSPS) is 14.7. The highest BCUT2D eigenvalue weighted by Gasteiger charge is 2.17. The topological polar surface area (TPSA) is 76.0 Å². The summed E-state index contributed by atoms with van der Waals surface area (Å²) >= 11 is 0. The van der Waals surface area contributed by atoms with E-state index in [1.165, 1.54) is 16.8 Å². The summed E-state index contributed by atoms with van der Waals surface area (Å²) in [6.07, 6.45) is 6.05. The van der Waals surface area contributed by atoms with Crippen LogP contribution < -0.4 is 10.0 Å². The Morgan fingerprint density at radius 1 is 1.40 bits per heavy atom. The van der Waals surface area contributed by atoms with Gasteiger partial charge in [0.05, 0.1) is 11.1 Å². The molecule has 0 atom stereocenters. The molecule has 0 unspecified atom stereocenters. The third-order valence-electron chi connectivity index (χ3n) is 3.84. The van der Waals surface area contributed by atoms with Crippen LogP contribution >= 0.6 is 12.4 Å². The fraction of sp³-hybridized carbons (Fsp3) is 0.312. The first-order valence-electron chi connectivity index (χ1n) is 7.65. The van der Waals surface area contributed by atoms with Crippen LogP contribution in [-0.4, -0.2) is 37.8 Å². The van der Waals surface area contributed by atoms with Gasteiger partial charge in [-0.05, 0) is 43.7 Å². The first kappa shape index (κ1) is 19.6. The largest absolute Gasteiger partial charge is 0.313 e. The summed E-state index contributed by atoms with van der Waals surface area (Å²) in [4.78, 5) is -0.0952. The molecular weight excluding hydrogens is 367 g/mol. The van der Waals surface area contributed by atoms with Crippen molar-refractivity contribution < 1.29 is 12.8 Å². The number of benzene rings is 1. The van der Waals surface area contributed by atoms with Gasteiger partial charge in [0, 0.05) is 19.3 Å². The fourth-order valence-electron chi connectivity index (χ4n) is 2.49. The summed E-state index contributed by atoms with van der Waals surface area (Å²) in [6.45, 7) is 3.66. The molecule has 0 saturated heterocycles. The minimum absolute atomic E-state index is 0. The van der Waals surface area contributed by atoms with Gasteiger partial charge in [0.25, 0.3) is 0 Å². The highest BCUT2D eigenvalue weighted by molar-refractivity contribution is 7.89. The Bertz CT molecular complexity index is 880. The monoisotopic (exact) mass is 386 g/mol. The van der Waals surface area contributed by atoms with Gasteiger partial charge >= 0.3 is 0 Å². The van der Waals surface area contributed by atoms with Crippen molar-refractivity contribution in [2.24, 2.45) is 0 Å². The van der Waals surface area contributed by atoms with Gasteiger partial charge in [0.1, 0.15) is 11.5 Å². The van der Waals surface area contributed by atoms with Gasteiger partial charge in [-0.15, -0.1) is 12.4 Å². The van der Waals surface area contributed by atoms with Crippen LogP contribution in [0.5, 0.6) is 0 Å². The maximum absolute atomic E-state index is 14.3. The van der Waals surface area contributed by atoms with Crippen molar-refractivity contribution in [1.82, 2.24) is 19.8 Å². The fourth-order valence-corrected chi connectivity index (χ4v) is 3.53. The Morgan fingerprint density at radius 3 is 2.80 bits per heavy atom. The quantitative estimate of drug-likeness (QED) is 0.770. The summed E-state index contributed by atoms with van der Waals surface area (Å²) in [6, 6.07) is 3.82. The zero-order valence-corrected chi connectivity index (χ0v) is 15.3. The van der Waals surface area contributed by atoms with Crippen LogP contribution in [0.3, 0.4) is 0 Å². The summed E-state index contributed by atoms with van der Waals surface area (Å²) in [5.74, 6) is -0.637. The SMILES string of the molecule is Cc1cnn(-c2ccc(S(=O)(=O)NCC3=CCNCC3)cc2F)c1.Cl. The number of sulfonamides is 1. The van der Waals surface area contributed by atoms with Gasteiger partial charge in [-0.2, -0.15) is 5.10 Å². The standard InChI is InChI=1S/C16H19FN4O2S.ClH/c1-12-9-19-21(11-12)16-3-2-14(8-15(16)17)24(22,23)20-10-13-4-6-18-7-5-13;/h2-4,8-9,11,18,20H,5-7,10H2,1H3;1H. The van der Waals surface area contributed by atoms with Crippen LogP contribution in [0.1, 0.15) is 12.0 Å². The zero-order valence-electron chi connectivity index (χ0n) is 13.7. The van der Waals surface area contributed by atoms with E-state index in [9.17, 15) is 12.8 Å². The molecule has 6 nitrogen and oxygen atoms in total. The van der Waals surface area contributed by atoms with E-state index in [2.05, 4.69) is 15.1 Å². The molecule has 0 radical (unpaired) electrons. The molecule has 0 bridgehead atoms. The molecule has 1 aliphatic heterocycles. The predicted molar refractivity (Wildman–Crippen MR) is 96.3 cm³/mol. The summed E-state index contributed by atoms with van der Waals surface area (Å²) in [5.41, 5.74) is 2.13. The van der Waals surface area contributed by atoms with E-state index in [1.807, 2.05) is 13.0 Å². The smallest absolute Gasteiger partial charge is 0.240 e. The van der Waals surface area contributed by atoms with Crippen LogP contribution in [0.25, 0.3) is 5.69 Å². The lowest BCUT2D eigenvalue weighted by molar-refractivity contribution is 0.576. The molecule has 9 heteroatoms. The van der Waals surface area contributed by atoms with E-state index in [4.69, 9.17) is 0 Å². The third kappa shape index (κ3) is 4.66. The first-order valence-corrected chi connectivity index (χ1v) is 9.13. The van der Waals surface area contributed by atoms with Crippen LogP contribution in [0.2, 0.25) is 0 Å². The van der Waals surface area contributed by atoms with Gasteiger partial charge in [-0.3, -0.25) is 0 Å². The summed E-state index contributed by atoms with van der Waals surface area (Å²) in [5, 5.41) is 7.20. The number of nitrogens with zero attached hydrogens (tertiary/aromatic N) is 2. The number of aryl methyl sites for hydroxylation is 1. The van der Waals surface area contributed by atoms with Crippen molar-refractivity contribution in [2.75, 3.05) is 19.6 Å². The van der Waals surface area contributed by atoms with Crippen LogP contribution in [-0.2, 0) is 10.0 Å². The molecule has 0 aliphatic carbocycles. The molecule has 0 fully saturated rings. The lowest BCUT2D eigenvalue weighted by Gasteiger charge is -2.15. The van der Waals surface area contributed by atoms with E-state index in [0.717, 1.165) is 36.7 Å². The van der Waals surface area contributed by atoms with Crippen molar-refractivity contribution >= 4 is 22.4 Å². The van der Waals surface area contributed by atoms with Gasteiger partial charge < -0.3 is 5.32 Å². The number of halogens is 2. The molecular formula is C16H20ClFN4O2S. The van der Waals surface area contributed by atoms with Gasteiger partial charge in [-0.1, -0.05) is 11.6 Å². The summed E-state index contributed by atoms with van der Waals surface area (Å²) < 4.78 is 42.9. The Balaban J connectivity index is 0.00000225. The average Bonchev–Trinajstić information content (AvgIpc) is 3.00. The van der Waals surface area contributed by atoms with Crippen molar-refractivity contribution in [3.63, 3.8) is 0 Å². The molecule has 25 heavy (non-hydrogen) atoms. The Labute approximate surface area is 152 Å². The molecule has 1 aromatic heterocycles. The average molecular weight is 387 g/mol. The Morgan fingerprint density at radius 2 is 2.20 bits per heavy atom. The lowest BCUT2D eigenvalue weighted by Crippen LogP contribution is -2.29. The lowest BCUT2D eigenvalue weighted by atomic mass is 10.1. The zero-order chi connectivity index (χ0) is 17.2. The Kier molecular flexibility index (Phi) is 6.34. The van der Waals surface area contributed by atoms with Crippen LogP contribution in [0.4, 0.5) is 4.39 Å². The van der Waals surface area contributed by atoms with Crippen molar-refractivity contribution in [2.45, 2.75) is 18.2 Å². The number of nitrogens with one attached hydrogen (secondary N) is 2. The molecule has 2 N–H and O–H groups in total. The number of hydrogen-bond donors (Lipinski definition) is 2. The van der Waals surface area contributed by atoms with E-state index in [-0.39, 0.29) is 29.5 Å². The summed E-state index contributed by atoms with van der Waals surface area (Å²) in [7, 11) is -3.76. The molecule has 0 amide bonds. The van der Waals surface area contributed by atoms with E-state index >= 15 is 0 Å². The number of aromatic nitrogens is 2. The maximum atomic E-state index is 14.3. The second-order valence-electron chi connectivity index (χ2n) is 5.72. The molecule has 0 saturated carbocycles. The molecule has 1 aliphatic rings. The Hall–Kier alpha value is -1.74. The van der Waals surface area contributed by atoms with Crippen molar-refractivity contribution in [3.05, 3.63) is 53.6 Å². The highest BCUT2D eigenvalue weighted by Crippen LogP contribution is 2.18. The second-order valence-corrected chi connectivity index (χ2v) is 7.48. The molecule has 3 rings (SSSR count). The van der Waals surface area contributed by atoms with E-state index in [0.29, 0.717) is 0 Å². The van der Waals surface area contributed by atoms with Crippen molar-refractivity contribution in [3.8, 4) is 5.69 Å². The molecule has 0 spiro atoms. The van der Waals surface area contributed by atoms with Gasteiger partial charge in [0.2, 0.25) is 10.0 Å². The van der Waals surface area contributed by atoms with Crippen molar-refractivity contribution in [1.29, 1.82) is 0 Å². The highest BCUT2D eigenvalue weighted by atomic mass is 35.5. The minimum Gasteiger partial charge on any atom is -0.313 e. The first-order chi connectivity index (χ1) is 11.5. The van der Waals surface area contributed by atoms with E-state index < -0.39 is 15.8 Å². The van der Waals surface area contributed by atoms with E-state index in [1.54, 1.807) is 12.4 Å². The maximum Gasteiger partial charge on any atom is 0.240 e. The molecule has 2 aromatic rings. The van der Waals surface area contributed by atoms with Crippen LogP contribution in [0, 0.1) is 12.7 Å².